The van der Waals surface area contributed by atoms with Gasteiger partial charge in [0.2, 0.25) is 0 Å². The van der Waals surface area contributed by atoms with E-state index in [1.807, 2.05) is 18.2 Å². The number of allylic oxidation sites excluding steroid dienone is 2. The highest BCUT2D eigenvalue weighted by Gasteiger charge is 2.11. The Kier molecular flexibility index (Phi) is 3.32. The summed E-state index contributed by atoms with van der Waals surface area (Å²) in [6.07, 6.45) is 6.48. The van der Waals surface area contributed by atoms with Crippen molar-refractivity contribution < 1.29 is 5.11 Å². The van der Waals surface area contributed by atoms with Gasteiger partial charge < -0.3 is 5.11 Å². The highest BCUT2D eigenvalue weighted by atomic mass is 35.5. The van der Waals surface area contributed by atoms with E-state index in [2.05, 4.69) is 6.08 Å². The van der Waals surface area contributed by atoms with Gasteiger partial charge in [0.05, 0.1) is 5.38 Å². The zero-order valence-electron chi connectivity index (χ0n) is 8.62. The maximum absolute atomic E-state index is 9.35. The highest BCUT2D eigenvalue weighted by Crippen LogP contribution is 2.25. The number of alkyl halides is 1. The van der Waals surface area contributed by atoms with Crippen molar-refractivity contribution in [3.05, 3.63) is 41.5 Å². The zero-order valence-corrected chi connectivity index (χ0v) is 9.37. The fraction of sp³-hybridized carbons (Fsp3) is 0.385. The van der Waals surface area contributed by atoms with E-state index in [9.17, 15) is 5.11 Å². The molecule has 0 heterocycles. The summed E-state index contributed by atoms with van der Waals surface area (Å²) in [6, 6.07) is 7.44. The predicted octanol–water partition coefficient (Wildman–Crippen LogP) is 3.65. The van der Waals surface area contributed by atoms with Gasteiger partial charge in [0.15, 0.2) is 0 Å². The number of hydrogen-bond donors (Lipinski definition) is 1. The summed E-state index contributed by atoms with van der Waals surface area (Å²) >= 11 is 6.08. The van der Waals surface area contributed by atoms with Crippen LogP contribution < -0.4 is 0 Å². The molecule has 0 saturated heterocycles. The quantitative estimate of drug-likeness (QED) is 0.598. The maximum atomic E-state index is 9.35. The number of phenols is 1. The van der Waals surface area contributed by atoms with Crippen molar-refractivity contribution in [2.24, 2.45) is 0 Å². The van der Waals surface area contributed by atoms with Gasteiger partial charge in [0, 0.05) is 0 Å². The number of phenolic OH excluding ortho intramolecular Hbond substituents is 1. The Morgan fingerprint density at radius 2 is 2.27 bits per heavy atom. The van der Waals surface area contributed by atoms with Crippen LogP contribution in [0, 0.1) is 0 Å². The van der Waals surface area contributed by atoms with Crippen molar-refractivity contribution in [1.82, 2.24) is 0 Å². The van der Waals surface area contributed by atoms with Crippen LogP contribution in [0.15, 0.2) is 35.9 Å². The van der Waals surface area contributed by atoms with Crippen LogP contribution in [0.3, 0.4) is 0 Å². The molecule has 0 spiro atoms. The van der Waals surface area contributed by atoms with Crippen LogP contribution >= 0.6 is 11.6 Å². The Morgan fingerprint density at radius 1 is 1.40 bits per heavy atom. The SMILES string of the molecule is Oc1cccc(CC2=CC(Cl)CCC2)c1. The molecule has 0 saturated carbocycles. The second-order valence-corrected chi connectivity index (χ2v) is 4.64. The molecule has 1 aromatic carbocycles. The van der Waals surface area contributed by atoms with Crippen molar-refractivity contribution in [3.8, 4) is 5.75 Å². The second kappa shape index (κ2) is 4.71. The summed E-state index contributed by atoms with van der Waals surface area (Å²) in [6.45, 7) is 0. The lowest BCUT2D eigenvalue weighted by atomic mass is 9.94. The van der Waals surface area contributed by atoms with Gasteiger partial charge in [-0.15, -0.1) is 11.6 Å². The molecule has 1 atom stereocenters. The van der Waals surface area contributed by atoms with Crippen molar-refractivity contribution >= 4 is 11.6 Å². The van der Waals surface area contributed by atoms with Crippen LogP contribution in [-0.4, -0.2) is 10.5 Å². The number of benzene rings is 1. The molecule has 1 unspecified atom stereocenters. The molecule has 15 heavy (non-hydrogen) atoms. The van der Waals surface area contributed by atoms with E-state index in [0.29, 0.717) is 5.75 Å². The van der Waals surface area contributed by atoms with E-state index in [4.69, 9.17) is 11.6 Å². The van der Waals surface area contributed by atoms with Gasteiger partial charge in [-0.1, -0.05) is 23.8 Å². The average Bonchev–Trinajstić information content (AvgIpc) is 2.17. The fourth-order valence-corrected chi connectivity index (χ4v) is 2.35. The van der Waals surface area contributed by atoms with Gasteiger partial charge in [0.1, 0.15) is 5.75 Å². The van der Waals surface area contributed by atoms with Crippen molar-refractivity contribution in [2.75, 3.05) is 0 Å². The van der Waals surface area contributed by atoms with Crippen molar-refractivity contribution in [1.29, 1.82) is 0 Å². The Labute approximate surface area is 95.4 Å². The van der Waals surface area contributed by atoms with Crippen LogP contribution in [0.1, 0.15) is 24.8 Å². The van der Waals surface area contributed by atoms with Crippen LogP contribution in [0.4, 0.5) is 0 Å². The van der Waals surface area contributed by atoms with Gasteiger partial charge in [-0.3, -0.25) is 0 Å². The molecule has 0 bridgehead atoms. The Bertz CT molecular complexity index is 371. The number of aromatic hydroxyl groups is 1. The topological polar surface area (TPSA) is 20.2 Å². The average molecular weight is 223 g/mol. The van der Waals surface area contributed by atoms with Gasteiger partial charge >= 0.3 is 0 Å². The van der Waals surface area contributed by atoms with Gasteiger partial charge in [-0.05, 0) is 43.4 Å². The molecule has 1 N–H and O–H groups in total. The first-order chi connectivity index (χ1) is 7.24. The molecule has 1 aliphatic carbocycles. The lowest BCUT2D eigenvalue weighted by Crippen LogP contribution is -2.05. The predicted molar refractivity (Wildman–Crippen MR) is 63.4 cm³/mol. The number of halogens is 1. The molecular weight excluding hydrogens is 208 g/mol. The lowest BCUT2D eigenvalue weighted by Gasteiger charge is -2.16. The number of hydrogen-bond acceptors (Lipinski definition) is 1. The highest BCUT2D eigenvalue weighted by molar-refractivity contribution is 6.21. The summed E-state index contributed by atoms with van der Waals surface area (Å²) in [4.78, 5) is 0. The summed E-state index contributed by atoms with van der Waals surface area (Å²) < 4.78 is 0. The standard InChI is InChI=1S/C13H15ClO/c14-12-5-1-3-10(8-12)7-11-4-2-6-13(15)9-11/h2,4,6,8-9,12,15H,1,3,5,7H2. The minimum absolute atomic E-state index is 0.200. The summed E-state index contributed by atoms with van der Waals surface area (Å²) in [5, 5.41) is 9.55. The molecule has 1 aliphatic rings. The molecule has 2 rings (SSSR count). The van der Waals surface area contributed by atoms with Gasteiger partial charge in [-0.25, -0.2) is 0 Å². The largest absolute Gasteiger partial charge is 0.508 e. The third kappa shape index (κ3) is 3.00. The van der Waals surface area contributed by atoms with E-state index in [1.54, 1.807) is 6.07 Å². The van der Waals surface area contributed by atoms with Crippen molar-refractivity contribution in [3.63, 3.8) is 0 Å². The third-order valence-electron chi connectivity index (χ3n) is 2.74. The van der Waals surface area contributed by atoms with Gasteiger partial charge in [0.25, 0.3) is 0 Å². The Balaban J connectivity index is 2.08. The van der Waals surface area contributed by atoms with Crippen molar-refractivity contribution in [2.45, 2.75) is 31.1 Å². The zero-order chi connectivity index (χ0) is 10.7. The molecule has 0 radical (unpaired) electrons. The summed E-state index contributed by atoms with van der Waals surface area (Å²) in [7, 11) is 0. The van der Waals surface area contributed by atoms with E-state index >= 15 is 0 Å². The summed E-state index contributed by atoms with van der Waals surface area (Å²) in [5.41, 5.74) is 2.55. The monoisotopic (exact) mass is 222 g/mol. The Morgan fingerprint density at radius 3 is 3.00 bits per heavy atom. The van der Waals surface area contributed by atoms with E-state index in [0.717, 1.165) is 24.8 Å². The molecule has 0 amide bonds. The maximum Gasteiger partial charge on any atom is 0.115 e. The molecule has 80 valence electrons. The first-order valence-electron chi connectivity index (χ1n) is 5.35. The normalized spacial score (nSPS) is 21.1. The smallest absolute Gasteiger partial charge is 0.115 e. The van der Waals surface area contributed by atoms with E-state index < -0.39 is 0 Å². The first-order valence-corrected chi connectivity index (χ1v) is 5.79. The molecule has 1 nitrogen and oxygen atoms in total. The number of rotatable bonds is 2. The minimum atomic E-state index is 0.200. The second-order valence-electron chi connectivity index (χ2n) is 4.08. The van der Waals surface area contributed by atoms with Crippen LogP contribution in [0.5, 0.6) is 5.75 Å². The van der Waals surface area contributed by atoms with Gasteiger partial charge in [-0.2, -0.15) is 0 Å². The fourth-order valence-electron chi connectivity index (χ4n) is 2.02. The Hall–Kier alpha value is -0.950. The first kappa shape index (κ1) is 10.6. The molecule has 0 aliphatic heterocycles. The molecule has 0 aromatic heterocycles. The minimum Gasteiger partial charge on any atom is -0.508 e. The molecule has 2 heteroatoms. The molecule has 1 aromatic rings. The lowest BCUT2D eigenvalue weighted by molar-refractivity contribution is 0.474. The molecule has 0 fully saturated rings. The van der Waals surface area contributed by atoms with Crippen LogP contribution in [0.2, 0.25) is 0 Å². The third-order valence-corrected chi connectivity index (χ3v) is 3.08. The van der Waals surface area contributed by atoms with Crippen LogP contribution in [-0.2, 0) is 6.42 Å². The van der Waals surface area contributed by atoms with E-state index in [1.165, 1.54) is 12.0 Å². The summed E-state index contributed by atoms with van der Waals surface area (Å²) in [5.74, 6) is 0.339. The van der Waals surface area contributed by atoms with E-state index in [-0.39, 0.29) is 5.38 Å². The van der Waals surface area contributed by atoms with Crippen LogP contribution in [0.25, 0.3) is 0 Å². The molecular formula is C13H15ClO.